The molecule has 35 heavy (non-hydrogen) atoms. The number of carboxylic acid groups (broad SMARTS) is 3. The zero-order valence-electron chi connectivity index (χ0n) is 20.8. The average Bonchev–Trinajstić information content (AvgIpc) is 2.76. The average molecular weight is 523 g/mol. The summed E-state index contributed by atoms with van der Waals surface area (Å²) in [5, 5.41) is 27.8. The van der Waals surface area contributed by atoms with Crippen LogP contribution in [0, 0.1) is 0 Å². The van der Waals surface area contributed by atoms with Crippen LogP contribution in [0.1, 0.15) is 32.6 Å². The molecule has 1 aliphatic rings. The van der Waals surface area contributed by atoms with Gasteiger partial charge in [0.15, 0.2) is 9.84 Å². The van der Waals surface area contributed by atoms with Crippen LogP contribution in [0.15, 0.2) is 0 Å². The molecule has 1 heterocycles. The molecule has 0 spiro atoms. The van der Waals surface area contributed by atoms with Crippen molar-refractivity contribution in [3.63, 3.8) is 0 Å². The smallest absolute Gasteiger partial charge is 0.317 e. The number of nitrogens with zero attached hydrogens (tertiary/aromatic N) is 4. The third kappa shape index (κ3) is 15.7. The predicted octanol–water partition coefficient (Wildman–Crippen LogP) is -0.543. The first kappa shape index (κ1) is 31.2. The van der Waals surface area contributed by atoms with Crippen molar-refractivity contribution in [2.24, 2.45) is 0 Å². The molecule has 0 unspecified atom stereocenters. The van der Waals surface area contributed by atoms with Gasteiger partial charge in [-0.1, -0.05) is 13.3 Å². The first-order valence-corrected chi connectivity index (χ1v) is 14.1. The van der Waals surface area contributed by atoms with Crippen LogP contribution in [0.5, 0.6) is 0 Å². The van der Waals surface area contributed by atoms with Crippen LogP contribution >= 0.6 is 0 Å². The fraction of sp³-hybridized carbons (Fsp3) is 0.864. The minimum atomic E-state index is -3.16. The lowest BCUT2D eigenvalue weighted by Crippen LogP contribution is -2.46. The summed E-state index contributed by atoms with van der Waals surface area (Å²) in [6.07, 6.45) is 2.88. The lowest BCUT2D eigenvalue weighted by molar-refractivity contribution is -0.140. The van der Waals surface area contributed by atoms with Gasteiger partial charge in [0, 0.05) is 45.8 Å². The maximum Gasteiger partial charge on any atom is 0.317 e. The van der Waals surface area contributed by atoms with Gasteiger partial charge in [-0.15, -0.1) is 0 Å². The summed E-state index contributed by atoms with van der Waals surface area (Å²) in [6.45, 7) is 5.24. The molecular weight excluding hydrogens is 480 g/mol. The van der Waals surface area contributed by atoms with E-state index in [9.17, 15) is 38.1 Å². The Morgan fingerprint density at radius 2 is 1.00 bits per heavy atom. The SMILES string of the molecule is CCCCS(=O)(=O)CCN1CCCCN(CC(=O)O)CCN(CC(=O)O)CCN(CC(=O)O)CC1. The number of hydrogen-bond acceptors (Lipinski definition) is 9. The van der Waals surface area contributed by atoms with Crippen LogP contribution in [0.2, 0.25) is 0 Å². The molecule has 3 N–H and O–H groups in total. The number of hydrogen-bond donors (Lipinski definition) is 3. The van der Waals surface area contributed by atoms with Gasteiger partial charge in [-0.3, -0.25) is 29.1 Å². The highest BCUT2D eigenvalue weighted by atomic mass is 32.2. The molecule has 1 fully saturated rings. The summed E-state index contributed by atoms with van der Waals surface area (Å²) >= 11 is 0. The molecule has 0 aromatic rings. The second-order valence-electron chi connectivity index (χ2n) is 9.06. The van der Waals surface area contributed by atoms with Crippen molar-refractivity contribution in [1.82, 2.24) is 19.6 Å². The molecule has 0 amide bonds. The first-order valence-electron chi connectivity index (χ1n) is 12.3. The first-order chi connectivity index (χ1) is 16.5. The Morgan fingerprint density at radius 3 is 1.40 bits per heavy atom. The Kier molecular flexibility index (Phi) is 15.0. The van der Waals surface area contributed by atoms with E-state index in [4.69, 9.17) is 0 Å². The van der Waals surface area contributed by atoms with E-state index in [0.717, 1.165) is 12.8 Å². The summed E-state index contributed by atoms with van der Waals surface area (Å²) < 4.78 is 24.7. The van der Waals surface area contributed by atoms with Crippen molar-refractivity contribution < 1.29 is 38.1 Å². The van der Waals surface area contributed by atoms with Crippen molar-refractivity contribution in [3.05, 3.63) is 0 Å². The highest BCUT2D eigenvalue weighted by Crippen LogP contribution is 2.05. The van der Waals surface area contributed by atoms with Crippen LogP contribution < -0.4 is 0 Å². The Hall–Kier alpha value is -1.80. The Balaban J connectivity index is 2.94. The van der Waals surface area contributed by atoms with Gasteiger partial charge < -0.3 is 20.2 Å². The molecule has 1 aliphatic heterocycles. The largest absolute Gasteiger partial charge is 0.480 e. The Morgan fingerprint density at radius 1 is 0.629 bits per heavy atom. The van der Waals surface area contributed by atoms with Gasteiger partial charge in [0.1, 0.15) is 0 Å². The molecule has 1 saturated heterocycles. The summed E-state index contributed by atoms with van der Waals surface area (Å²) in [5.74, 6) is -2.74. The number of aliphatic carboxylic acids is 3. The van der Waals surface area contributed by atoms with Crippen LogP contribution in [-0.2, 0) is 24.2 Å². The molecule has 13 heteroatoms. The quantitative estimate of drug-likeness (QED) is 0.301. The van der Waals surface area contributed by atoms with Gasteiger partial charge >= 0.3 is 17.9 Å². The van der Waals surface area contributed by atoms with Crippen molar-refractivity contribution in [2.75, 3.05) is 90.0 Å². The molecular formula is C22H42N4O8S. The van der Waals surface area contributed by atoms with Crippen molar-refractivity contribution in [3.8, 4) is 0 Å². The summed E-state index contributed by atoms with van der Waals surface area (Å²) in [6, 6.07) is 0. The maximum atomic E-state index is 12.3. The minimum Gasteiger partial charge on any atom is -0.480 e. The van der Waals surface area contributed by atoms with Crippen LogP contribution in [0.3, 0.4) is 0 Å². The van der Waals surface area contributed by atoms with Gasteiger partial charge in [0.2, 0.25) is 0 Å². The second-order valence-corrected chi connectivity index (χ2v) is 11.4. The van der Waals surface area contributed by atoms with E-state index in [2.05, 4.69) is 0 Å². The monoisotopic (exact) mass is 522 g/mol. The van der Waals surface area contributed by atoms with E-state index in [0.29, 0.717) is 71.7 Å². The van der Waals surface area contributed by atoms with E-state index in [1.54, 1.807) is 14.7 Å². The molecule has 0 saturated carbocycles. The number of carboxylic acids is 3. The standard InChI is InChI=1S/C22H42N4O8S/c1-2-3-15-35(33,34)16-14-23-6-4-5-7-24(17-20(27)28)10-11-26(19-22(31)32)13-12-25(9-8-23)18-21(29)30/h2-19H2,1H3,(H,27,28)(H,29,30)(H,31,32). The fourth-order valence-electron chi connectivity index (χ4n) is 3.97. The number of carbonyl (C=O) groups is 3. The van der Waals surface area contributed by atoms with E-state index in [1.807, 2.05) is 11.8 Å². The van der Waals surface area contributed by atoms with Gasteiger partial charge in [0.25, 0.3) is 0 Å². The molecule has 204 valence electrons. The summed E-state index contributed by atoms with van der Waals surface area (Å²) in [7, 11) is -3.16. The van der Waals surface area contributed by atoms with Gasteiger partial charge in [0.05, 0.1) is 31.1 Å². The lowest BCUT2D eigenvalue weighted by Gasteiger charge is -2.31. The highest BCUT2D eigenvalue weighted by Gasteiger charge is 2.20. The molecule has 1 rings (SSSR count). The predicted molar refractivity (Wildman–Crippen MR) is 131 cm³/mol. The molecule has 0 radical (unpaired) electrons. The lowest BCUT2D eigenvalue weighted by atomic mass is 10.2. The third-order valence-corrected chi connectivity index (χ3v) is 7.72. The normalized spacial score (nSPS) is 19.2. The summed E-state index contributed by atoms with van der Waals surface area (Å²) in [5.41, 5.74) is 0. The molecule has 0 aliphatic carbocycles. The minimum absolute atomic E-state index is 0.0451. The fourth-order valence-corrected chi connectivity index (χ4v) is 5.44. The van der Waals surface area contributed by atoms with E-state index < -0.39 is 27.7 Å². The van der Waals surface area contributed by atoms with Crippen LogP contribution in [0.4, 0.5) is 0 Å². The van der Waals surface area contributed by atoms with Gasteiger partial charge in [-0.2, -0.15) is 0 Å². The van der Waals surface area contributed by atoms with Crippen LogP contribution in [0.25, 0.3) is 0 Å². The van der Waals surface area contributed by atoms with Gasteiger partial charge in [-0.05, 0) is 32.4 Å². The third-order valence-electron chi connectivity index (χ3n) is 6.00. The van der Waals surface area contributed by atoms with E-state index in [-0.39, 0.29) is 31.1 Å². The second kappa shape index (κ2) is 16.8. The highest BCUT2D eigenvalue weighted by molar-refractivity contribution is 7.91. The zero-order valence-corrected chi connectivity index (χ0v) is 21.6. The van der Waals surface area contributed by atoms with Crippen molar-refractivity contribution in [2.45, 2.75) is 32.6 Å². The van der Waals surface area contributed by atoms with E-state index >= 15 is 0 Å². The maximum absolute atomic E-state index is 12.3. The molecule has 0 aromatic carbocycles. The number of unbranched alkanes of at least 4 members (excludes halogenated alkanes) is 1. The topological polar surface area (TPSA) is 159 Å². The Bertz CT molecular complexity index is 765. The van der Waals surface area contributed by atoms with Crippen LogP contribution in [-0.4, -0.2) is 151 Å². The molecule has 0 aromatic heterocycles. The Labute approximate surface area is 208 Å². The van der Waals surface area contributed by atoms with Crippen molar-refractivity contribution in [1.29, 1.82) is 0 Å². The molecule has 0 atom stereocenters. The summed E-state index contributed by atoms with van der Waals surface area (Å²) in [4.78, 5) is 41.2. The zero-order chi connectivity index (χ0) is 26.3. The van der Waals surface area contributed by atoms with Gasteiger partial charge in [-0.25, -0.2) is 8.42 Å². The molecule has 0 bridgehead atoms. The van der Waals surface area contributed by atoms with Crippen molar-refractivity contribution >= 4 is 27.7 Å². The molecule has 12 nitrogen and oxygen atoms in total. The number of rotatable bonds is 12. The number of sulfone groups is 1. The van der Waals surface area contributed by atoms with E-state index in [1.165, 1.54) is 0 Å².